The lowest BCUT2D eigenvalue weighted by molar-refractivity contribution is -0.139. The van der Waals surface area contributed by atoms with Crippen LogP contribution in [0.4, 0.5) is 5.69 Å². The molecule has 0 aliphatic carbocycles. The molecule has 0 radical (unpaired) electrons. The number of carbonyl (C=O) groups excluding carboxylic acids is 4. The van der Waals surface area contributed by atoms with Crippen molar-refractivity contribution >= 4 is 29.5 Å². The van der Waals surface area contributed by atoms with Gasteiger partial charge in [-0.3, -0.25) is 4.79 Å². The van der Waals surface area contributed by atoms with Gasteiger partial charge in [0.05, 0.1) is 51.4 Å². The summed E-state index contributed by atoms with van der Waals surface area (Å²) in [7, 11) is 3.57. The maximum Gasteiger partial charge on any atom is 0.355 e. The summed E-state index contributed by atoms with van der Waals surface area (Å²) in [5.41, 5.74) is 0.246. The number of rotatable bonds is 5. The lowest BCUT2D eigenvalue weighted by Crippen LogP contribution is -2.40. The number of hydrogen-bond donors (Lipinski definition) is 0. The van der Waals surface area contributed by atoms with Crippen molar-refractivity contribution in [3.8, 4) is 0 Å². The van der Waals surface area contributed by atoms with Crippen LogP contribution >= 0.6 is 0 Å². The number of methoxy groups -OCH3 is 3. The molecule has 174 valence electrons. The third-order valence-electron chi connectivity index (χ3n) is 5.10. The number of nitrogens with zero attached hydrogens (tertiary/aromatic N) is 2. The van der Waals surface area contributed by atoms with E-state index >= 15 is 0 Å². The summed E-state index contributed by atoms with van der Waals surface area (Å²) in [5.74, 6) is -2.57. The third-order valence-corrected chi connectivity index (χ3v) is 5.10. The van der Waals surface area contributed by atoms with Gasteiger partial charge in [-0.15, -0.1) is 0 Å². The Kier molecular flexibility index (Phi) is 7.62. The first-order valence-corrected chi connectivity index (χ1v) is 10.1. The summed E-state index contributed by atoms with van der Waals surface area (Å²) in [6.45, 7) is 1.72. The van der Waals surface area contributed by atoms with E-state index in [0.29, 0.717) is 26.3 Å². The van der Waals surface area contributed by atoms with Crippen LogP contribution in [0.15, 0.2) is 53.9 Å². The topological polar surface area (TPSA) is 112 Å². The minimum Gasteiger partial charge on any atom is -0.465 e. The summed E-state index contributed by atoms with van der Waals surface area (Å²) < 4.78 is 19.9. The van der Waals surface area contributed by atoms with Crippen LogP contribution < -0.4 is 4.90 Å². The monoisotopic (exact) mass is 456 g/mol. The van der Waals surface area contributed by atoms with Crippen molar-refractivity contribution in [2.45, 2.75) is 0 Å². The van der Waals surface area contributed by atoms with Gasteiger partial charge >= 0.3 is 17.9 Å². The van der Waals surface area contributed by atoms with Gasteiger partial charge in [-0.1, -0.05) is 6.08 Å². The molecule has 2 heterocycles. The predicted octanol–water partition coefficient (Wildman–Crippen LogP) is 1.44. The van der Waals surface area contributed by atoms with Gasteiger partial charge < -0.3 is 28.7 Å². The average Bonchev–Trinajstić information content (AvgIpc) is 3.10. The molecular weight excluding hydrogens is 432 g/mol. The van der Waals surface area contributed by atoms with Crippen molar-refractivity contribution in [3.05, 3.63) is 65.0 Å². The molecule has 0 atom stereocenters. The minimum absolute atomic E-state index is 0.0770. The molecule has 33 heavy (non-hydrogen) atoms. The smallest absolute Gasteiger partial charge is 0.355 e. The van der Waals surface area contributed by atoms with Crippen molar-refractivity contribution in [2.75, 3.05) is 52.5 Å². The van der Waals surface area contributed by atoms with E-state index in [0.717, 1.165) is 0 Å². The number of anilines is 1. The number of benzene rings is 1. The van der Waals surface area contributed by atoms with Crippen molar-refractivity contribution < 1.29 is 38.1 Å². The lowest BCUT2D eigenvalue weighted by Gasteiger charge is -2.28. The standard InChI is InChI=1S/C23H24N2O8/c1-30-21(27)16-8-7-15(20(26)24-10-12-33-13-11-24)14-18(16)25-9-5-4-6-17(22(28)31-2)19(25)23(29)32-3/h4-9,14H,10-13H2,1-3H3. The highest BCUT2D eigenvalue weighted by Gasteiger charge is 2.31. The second-order valence-electron chi connectivity index (χ2n) is 6.94. The van der Waals surface area contributed by atoms with Crippen LogP contribution in [0.1, 0.15) is 20.7 Å². The molecule has 0 N–H and O–H groups in total. The Morgan fingerprint density at radius 1 is 0.879 bits per heavy atom. The van der Waals surface area contributed by atoms with E-state index in [4.69, 9.17) is 18.9 Å². The number of allylic oxidation sites excluding steroid dienone is 2. The van der Waals surface area contributed by atoms with Crippen molar-refractivity contribution in [3.63, 3.8) is 0 Å². The number of carbonyl (C=O) groups is 4. The van der Waals surface area contributed by atoms with Gasteiger partial charge in [0, 0.05) is 24.9 Å². The number of ether oxygens (including phenoxy) is 4. The van der Waals surface area contributed by atoms with Crippen LogP contribution in [0.3, 0.4) is 0 Å². The fraction of sp³-hybridized carbons (Fsp3) is 0.304. The van der Waals surface area contributed by atoms with E-state index in [1.165, 1.54) is 62.8 Å². The summed E-state index contributed by atoms with van der Waals surface area (Å²) in [6, 6.07) is 4.42. The number of esters is 3. The van der Waals surface area contributed by atoms with Gasteiger partial charge in [-0.05, 0) is 30.4 Å². The Labute approximate surface area is 190 Å². The second-order valence-corrected chi connectivity index (χ2v) is 6.94. The van der Waals surface area contributed by atoms with Gasteiger partial charge in [0.2, 0.25) is 0 Å². The SMILES string of the molecule is COC(=O)C1=C(C(=O)OC)N(c2cc(C(=O)N3CCOCC3)ccc2C(=O)OC)C=CC=C1. The lowest BCUT2D eigenvalue weighted by atomic mass is 10.0. The van der Waals surface area contributed by atoms with Gasteiger partial charge in [0.15, 0.2) is 0 Å². The first-order chi connectivity index (χ1) is 15.9. The number of hydrogen-bond acceptors (Lipinski definition) is 9. The molecule has 3 rings (SSSR count). The number of amides is 1. The first kappa shape index (κ1) is 23.7. The normalized spacial score (nSPS) is 15.7. The zero-order valence-corrected chi connectivity index (χ0v) is 18.5. The number of morpholine rings is 1. The van der Waals surface area contributed by atoms with Crippen molar-refractivity contribution in [1.29, 1.82) is 0 Å². The largest absolute Gasteiger partial charge is 0.465 e. The second kappa shape index (κ2) is 10.6. The Morgan fingerprint density at radius 2 is 1.55 bits per heavy atom. The Hall–Kier alpha value is -3.92. The molecular formula is C23H24N2O8. The fourth-order valence-corrected chi connectivity index (χ4v) is 3.45. The molecule has 1 aromatic carbocycles. The molecule has 2 aliphatic rings. The molecule has 1 saturated heterocycles. The zero-order valence-electron chi connectivity index (χ0n) is 18.5. The van der Waals surface area contributed by atoms with Crippen LogP contribution in [0, 0.1) is 0 Å². The van der Waals surface area contributed by atoms with Gasteiger partial charge in [-0.25, -0.2) is 14.4 Å². The van der Waals surface area contributed by atoms with Crippen molar-refractivity contribution in [1.82, 2.24) is 4.90 Å². The molecule has 0 bridgehead atoms. The van der Waals surface area contributed by atoms with Crippen LogP contribution in [-0.2, 0) is 28.5 Å². The molecule has 1 amide bonds. The summed E-state index contributed by atoms with van der Waals surface area (Å²) in [5, 5.41) is 0. The van der Waals surface area contributed by atoms with Gasteiger partial charge in [0.25, 0.3) is 5.91 Å². The van der Waals surface area contributed by atoms with Crippen LogP contribution in [0.2, 0.25) is 0 Å². The third kappa shape index (κ3) is 4.96. The van der Waals surface area contributed by atoms with Crippen molar-refractivity contribution in [2.24, 2.45) is 0 Å². The highest BCUT2D eigenvalue weighted by Crippen LogP contribution is 2.31. The van der Waals surface area contributed by atoms with E-state index in [9.17, 15) is 19.2 Å². The van der Waals surface area contributed by atoms with E-state index < -0.39 is 17.9 Å². The van der Waals surface area contributed by atoms with Crippen LogP contribution in [-0.4, -0.2) is 76.3 Å². The maximum absolute atomic E-state index is 13.1. The Morgan fingerprint density at radius 3 is 2.18 bits per heavy atom. The first-order valence-electron chi connectivity index (χ1n) is 10.1. The molecule has 2 aliphatic heterocycles. The van der Waals surface area contributed by atoms with E-state index in [-0.39, 0.29) is 34.0 Å². The highest BCUT2D eigenvalue weighted by atomic mass is 16.5. The van der Waals surface area contributed by atoms with Gasteiger partial charge in [0.1, 0.15) is 5.70 Å². The van der Waals surface area contributed by atoms with Crippen LogP contribution in [0.25, 0.3) is 0 Å². The average molecular weight is 456 g/mol. The molecule has 0 aromatic heterocycles. The quantitative estimate of drug-likeness (QED) is 0.480. The molecule has 10 heteroatoms. The van der Waals surface area contributed by atoms with E-state index in [1.54, 1.807) is 11.0 Å². The Bertz CT molecular complexity index is 1050. The summed E-state index contributed by atoms with van der Waals surface area (Å²) in [6.07, 6.45) is 5.98. The minimum atomic E-state index is -0.840. The zero-order chi connectivity index (χ0) is 24.0. The predicted molar refractivity (Wildman–Crippen MR) is 116 cm³/mol. The summed E-state index contributed by atoms with van der Waals surface area (Å²) in [4.78, 5) is 53.7. The molecule has 1 fully saturated rings. The molecule has 1 aromatic rings. The molecule has 0 spiro atoms. The molecule has 10 nitrogen and oxygen atoms in total. The maximum atomic E-state index is 13.1. The highest BCUT2D eigenvalue weighted by molar-refractivity contribution is 6.08. The fourth-order valence-electron chi connectivity index (χ4n) is 3.45. The van der Waals surface area contributed by atoms with Crippen LogP contribution in [0.5, 0.6) is 0 Å². The summed E-state index contributed by atoms with van der Waals surface area (Å²) >= 11 is 0. The molecule has 0 unspecified atom stereocenters. The Balaban J connectivity index is 2.20. The van der Waals surface area contributed by atoms with E-state index in [1.807, 2.05) is 0 Å². The van der Waals surface area contributed by atoms with Gasteiger partial charge in [-0.2, -0.15) is 0 Å². The molecule has 0 saturated carbocycles. The van der Waals surface area contributed by atoms with E-state index in [2.05, 4.69) is 0 Å².